The first kappa shape index (κ1) is 14.4. The van der Waals surface area contributed by atoms with Crippen LogP contribution in [-0.2, 0) is 10.0 Å². The normalized spacial score (nSPS) is 10.4. The molecule has 0 saturated heterocycles. The Hall–Kier alpha value is -3.03. The van der Waals surface area contributed by atoms with Crippen LogP contribution < -0.4 is 10.5 Å². The molecule has 7 heteroatoms. The summed E-state index contributed by atoms with van der Waals surface area (Å²) < 4.78 is 27.0. The molecule has 0 atom stereocenters. The first-order valence-electron chi connectivity index (χ1n) is 5.79. The highest BCUT2D eigenvalue weighted by atomic mass is 32.2. The molecule has 6 nitrogen and oxygen atoms in total. The van der Waals surface area contributed by atoms with Crippen molar-refractivity contribution in [2.45, 2.75) is 4.90 Å². The molecule has 0 heterocycles. The number of rotatable bonds is 3. The van der Waals surface area contributed by atoms with Gasteiger partial charge in [0.15, 0.2) is 0 Å². The van der Waals surface area contributed by atoms with Gasteiger partial charge in [0.25, 0.3) is 10.0 Å². The topological polar surface area (TPSA) is 120 Å². The zero-order valence-corrected chi connectivity index (χ0v) is 11.6. The van der Waals surface area contributed by atoms with E-state index in [-0.39, 0.29) is 21.7 Å². The largest absolute Gasteiger partial charge is 0.399 e. The monoisotopic (exact) mass is 298 g/mol. The van der Waals surface area contributed by atoms with Crippen LogP contribution in [0.4, 0.5) is 11.4 Å². The van der Waals surface area contributed by atoms with Crippen LogP contribution in [0, 0.1) is 22.7 Å². The number of hydrogen-bond acceptors (Lipinski definition) is 5. The van der Waals surface area contributed by atoms with E-state index in [2.05, 4.69) is 4.72 Å². The Bertz CT molecular complexity index is 877. The molecule has 0 amide bonds. The van der Waals surface area contributed by atoms with Crippen molar-refractivity contribution in [2.24, 2.45) is 0 Å². The van der Waals surface area contributed by atoms with E-state index in [1.165, 1.54) is 24.3 Å². The summed E-state index contributed by atoms with van der Waals surface area (Å²) in [4.78, 5) is -0.244. The van der Waals surface area contributed by atoms with Crippen LogP contribution in [0.15, 0.2) is 47.4 Å². The van der Waals surface area contributed by atoms with Crippen LogP contribution in [0.1, 0.15) is 11.1 Å². The van der Waals surface area contributed by atoms with Gasteiger partial charge in [-0.05, 0) is 36.4 Å². The average Bonchev–Trinajstić information content (AvgIpc) is 2.46. The first-order valence-corrected chi connectivity index (χ1v) is 7.27. The summed E-state index contributed by atoms with van der Waals surface area (Å²) in [5, 5.41) is 17.9. The van der Waals surface area contributed by atoms with E-state index in [4.69, 9.17) is 16.3 Å². The fourth-order valence-electron chi connectivity index (χ4n) is 1.72. The molecule has 104 valence electrons. The summed E-state index contributed by atoms with van der Waals surface area (Å²) in [6.07, 6.45) is 0. The minimum absolute atomic E-state index is 0.0367. The van der Waals surface area contributed by atoms with Crippen LogP contribution in [-0.4, -0.2) is 8.42 Å². The lowest BCUT2D eigenvalue weighted by Crippen LogP contribution is -2.14. The number of sulfonamides is 1. The van der Waals surface area contributed by atoms with Crippen LogP contribution in [0.3, 0.4) is 0 Å². The molecule has 2 aromatic carbocycles. The second-order valence-corrected chi connectivity index (χ2v) is 5.82. The summed E-state index contributed by atoms with van der Waals surface area (Å²) in [6, 6.07) is 13.7. The van der Waals surface area contributed by atoms with Gasteiger partial charge in [0.05, 0.1) is 22.9 Å². The van der Waals surface area contributed by atoms with Crippen LogP contribution >= 0.6 is 0 Å². The number of nitrogens with two attached hydrogens (primary N) is 1. The molecule has 2 rings (SSSR count). The zero-order chi connectivity index (χ0) is 15.5. The van der Waals surface area contributed by atoms with E-state index in [1.54, 1.807) is 18.2 Å². The van der Waals surface area contributed by atoms with E-state index in [0.29, 0.717) is 5.69 Å². The van der Waals surface area contributed by atoms with Crippen molar-refractivity contribution in [3.63, 3.8) is 0 Å². The van der Waals surface area contributed by atoms with Gasteiger partial charge in [-0.15, -0.1) is 0 Å². The molecule has 0 saturated carbocycles. The zero-order valence-electron chi connectivity index (χ0n) is 10.7. The molecule has 0 aliphatic carbocycles. The van der Waals surface area contributed by atoms with E-state index in [1.807, 2.05) is 6.07 Å². The van der Waals surface area contributed by atoms with Gasteiger partial charge in [-0.3, -0.25) is 4.72 Å². The lowest BCUT2D eigenvalue weighted by molar-refractivity contribution is 0.601. The van der Waals surface area contributed by atoms with Crippen molar-refractivity contribution in [1.82, 2.24) is 0 Å². The average molecular weight is 298 g/mol. The third-order valence-electron chi connectivity index (χ3n) is 2.66. The van der Waals surface area contributed by atoms with Gasteiger partial charge < -0.3 is 5.73 Å². The molecule has 3 N–H and O–H groups in total. The smallest absolute Gasteiger partial charge is 0.263 e. The first-order chi connectivity index (χ1) is 9.96. The third kappa shape index (κ3) is 3.11. The summed E-state index contributed by atoms with van der Waals surface area (Å²) >= 11 is 0. The Kier molecular flexibility index (Phi) is 3.79. The maximum atomic E-state index is 12.3. The number of anilines is 2. The lowest BCUT2D eigenvalue weighted by Gasteiger charge is -2.10. The number of benzene rings is 2. The molecule has 21 heavy (non-hydrogen) atoms. The summed E-state index contributed by atoms with van der Waals surface area (Å²) in [7, 11) is -3.98. The fraction of sp³-hybridized carbons (Fsp3) is 0. The van der Waals surface area contributed by atoms with Crippen molar-refractivity contribution in [3.05, 3.63) is 53.6 Å². The number of hydrogen-bond donors (Lipinski definition) is 2. The molecule has 0 aliphatic rings. The molecule has 2 aromatic rings. The van der Waals surface area contributed by atoms with Gasteiger partial charge >= 0.3 is 0 Å². The maximum Gasteiger partial charge on any atom is 0.263 e. The highest BCUT2D eigenvalue weighted by molar-refractivity contribution is 7.92. The fourth-order valence-corrected chi connectivity index (χ4v) is 2.95. The van der Waals surface area contributed by atoms with E-state index in [9.17, 15) is 8.42 Å². The Morgan fingerprint density at radius 2 is 1.81 bits per heavy atom. The molecule has 0 unspecified atom stereocenters. The van der Waals surface area contributed by atoms with E-state index >= 15 is 0 Å². The highest BCUT2D eigenvalue weighted by Crippen LogP contribution is 2.21. The minimum atomic E-state index is -3.98. The van der Waals surface area contributed by atoms with Gasteiger partial charge in [-0.25, -0.2) is 8.42 Å². The molecule has 0 aromatic heterocycles. The van der Waals surface area contributed by atoms with Gasteiger partial charge in [0.2, 0.25) is 0 Å². The van der Waals surface area contributed by atoms with Crippen molar-refractivity contribution >= 4 is 21.4 Å². The molecular weight excluding hydrogens is 288 g/mol. The van der Waals surface area contributed by atoms with Gasteiger partial charge in [0.1, 0.15) is 11.0 Å². The summed E-state index contributed by atoms with van der Waals surface area (Å²) in [5.74, 6) is 0. The number of nitrogen functional groups attached to an aromatic ring is 1. The van der Waals surface area contributed by atoms with Crippen molar-refractivity contribution in [3.8, 4) is 12.1 Å². The van der Waals surface area contributed by atoms with Crippen molar-refractivity contribution in [1.29, 1.82) is 10.5 Å². The third-order valence-corrected chi connectivity index (χ3v) is 4.08. The second kappa shape index (κ2) is 5.53. The molecule has 0 fully saturated rings. The summed E-state index contributed by atoms with van der Waals surface area (Å²) in [5.41, 5.74) is 6.39. The second-order valence-electron chi connectivity index (χ2n) is 4.17. The van der Waals surface area contributed by atoms with E-state index < -0.39 is 10.0 Å². The minimum Gasteiger partial charge on any atom is -0.399 e. The summed E-state index contributed by atoms with van der Waals surface area (Å²) in [6.45, 7) is 0. The Balaban J connectivity index is 2.50. The van der Waals surface area contributed by atoms with Crippen molar-refractivity contribution < 1.29 is 8.42 Å². The quantitative estimate of drug-likeness (QED) is 0.837. The van der Waals surface area contributed by atoms with Crippen molar-refractivity contribution in [2.75, 3.05) is 10.5 Å². The van der Waals surface area contributed by atoms with Crippen LogP contribution in [0.5, 0.6) is 0 Å². The van der Waals surface area contributed by atoms with Gasteiger partial charge in [-0.1, -0.05) is 6.07 Å². The standard InChI is InChI=1S/C14H10N4O2S/c15-8-10-4-5-11(9-16)14(6-10)21(19,20)18-13-3-1-2-12(17)7-13/h1-7,18H,17H2. The molecule has 0 spiro atoms. The van der Waals surface area contributed by atoms with Gasteiger partial charge in [-0.2, -0.15) is 10.5 Å². The van der Waals surface area contributed by atoms with Crippen LogP contribution in [0.25, 0.3) is 0 Å². The lowest BCUT2D eigenvalue weighted by atomic mass is 10.2. The predicted octanol–water partition coefficient (Wildman–Crippen LogP) is 1.81. The maximum absolute atomic E-state index is 12.3. The Morgan fingerprint density at radius 1 is 1.05 bits per heavy atom. The molecular formula is C14H10N4O2S. The molecule has 0 radical (unpaired) electrons. The number of nitrogens with zero attached hydrogens (tertiary/aromatic N) is 2. The Morgan fingerprint density at radius 3 is 2.43 bits per heavy atom. The number of nitriles is 2. The van der Waals surface area contributed by atoms with E-state index in [0.717, 1.165) is 6.07 Å². The van der Waals surface area contributed by atoms with Gasteiger partial charge in [0, 0.05) is 5.69 Å². The Labute approximate surface area is 122 Å². The number of nitrogens with one attached hydrogen (secondary N) is 1. The highest BCUT2D eigenvalue weighted by Gasteiger charge is 2.19. The SMILES string of the molecule is N#Cc1ccc(C#N)c(S(=O)(=O)Nc2cccc(N)c2)c1. The predicted molar refractivity (Wildman–Crippen MR) is 77.5 cm³/mol. The molecule has 0 aliphatic heterocycles. The molecule has 0 bridgehead atoms. The van der Waals surface area contributed by atoms with Crippen LogP contribution in [0.2, 0.25) is 0 Å².